The van der Waals surface area contributed by atoms with Gasteiger partial charge in [0.25, 0.3) is 10.1 Å². The Bertz CT molecular complexity index is 2110. The molecule has 7 heteroatoms. The van der Waals surface area contributed by atoms with E-state index in [9.17, 15) is 8.42 Å². The molecule has 0 fully saturated rings. The van der Waals surface area contributed by atoms with Gasteiger partial charge < -0.3 is 14.6 Å². The van der Waals surface area contributed by atoms with Crippen molar-refractivity contribution in [1.82, 2.24) is 0 Å². The maximum Gasteiger partial charge on any atom is 0.264 e. The first-order valence-electron chi connectivity index (χ1n) is 14.9. The van der Waals surface area contributed by atoms with Gasteiger partial charge in [0, 0.05) is 0 Å². The van der Waals surface area contributed by atoms with E-state index < -0.39 is 15.5 Å². The molecule has 6 aromatic carbocycles. The molecule has 0 atom stereocenters. The molecule has 45 heavy (non-hydrogen) atoms. The average Bonchev–Trinajstić information content (AvgIpc) is 3.36. The topological polar surface area (TPSA) is 84.7 Å². The number of benzene rings is 6. The van der Waals surface area contributed by atoms with E-state index in [4.69, 9.17) is 18.8 Å². The van der Waals surface area contributed by atoms with Gasteiger partial charge in [0.1, 0.15) is 24.7 Å². The standard InChI is InChI=1S/C38H32O6S/c1-45(40,41)44-21-20-43-33-17-13-27-23-31(15-11-29(27)25-33)38(36-8-4-2-6-34(36)35-7-3-5-9-37(35)38)30-14-10-28-24-32(42-19-18-39)16-12-26(28)22-30/h2-17,22-25,39H,18-21H2,1H3/p+1. The minimum absolute atomic E-state index is 0.0393. The molecule has 7 rings (SSSR count). The molecular weight excluding hydrogens is 584 g/mol. The van der Waals surface area contributed by atoms with E-state index in [1.165, 1.54) is 27.8 Å². The Labute approximate surface area is 262 Å². The third-order valence-corrected chi connectivity index (χ3v) is 9.06. The van der Waals surface area contributed by atoms with Gasteiger partial charge in [-0.1, -0.05) is 84.9 Å². The normalized spacial score (nSPS) is 13.5. The van der Waals surface area contributed by atoms with Crippen LogP contribution in [0.4, 0.5) is 0 Å². The highest BCUT2D eigenvalue weighted by molar-refractivity contribution is 7.85. The Hall–Kier alpha value is -4.69. The Morgan fingerprint density at radius 2 is 1.04 bits per heavy atom. The number of rotatable bonds is 10. The Kier molecular flexibility index (Phi) is 7.53. The van der Waals surface area contributed by atoms with E-state index in [-0.39, 0.29) is 19.8 Å². The predicted molar refractivity (Wildman–Crippen MR) is 179 cm³/mol. The van der Waals surface area contributed by atoms with Crippen LogP contribution in [0.2, 0.25) is 0 Å². The lowest BCUT2D eigenvalue weighted by Crippen LogP contribution is -2.28. The van der Waals surface area contributed by atoms with Crippen LogP contribution in [0.3, 0.4) is 0 Å². The summed E-state index contributed by atoms with van der Waals surface area (Å²) in [6.07, 6.45) is 1.03. The molecule has 0 saturated heterocycles. The van der Waals surface area contributed by atoms with Crippen LogP contribution in [0, 0.1) is 0 Å². The minimum Gasteiger partial charge on any atom is -0.491 e. The lowest BCUT2D eigenvalue weighted by Gasteiger charge is -2.34. The first-order chi connectivity index (χ1) is 21.9. The monoisotopic (exact) mass is 617 g/mol. The van der Waals surface area contributed by atoms with E-state index in [0.717, 1.165) is 39.1 Å². The van der Waals surface area contributed by atoms with Crippen molar-refractivity contribution in [3.05, 3.63) is 144 Å². The van der Waals surface area contributed by atoms with Gasteiger partial charge in [0.2, 0.25) is 0 Å². The summed E-state index contributed by atoms with van der Waals surface area (Å²) < 4.78 is 38.9. The van der Waals surface area contributed by atoms with E-state index >= 15 is 0 Å². The molecule has 226 valence electrons. The second kappa shape index (κ2) is 11.7. The van der Waals surface area contributed by atoms with Crippen LogP contribution in [0.1, 0.15) is 22.3 Å². The molecule has 0 aliphatic heterocycles. The second-order valence-corrected chi connectivity index (χ2v) is 12.9. The second-order valence-electron chi connectivity index (χ2n) is 11.3. The molecule has 0 spiro atoms. The molecule has 6 nitrogen and oxygen atoms in total. The fraction of sp³-hybridized carbons (Fsp3) is 0.158. The van der Waals surface area contributed by atoms with Crippen LogP contribution in [0.5, 0.6) is 11.5 Å². The van der Waals surface area contributed by atoms with Crippen LogP contribution in [-0.2, 0) is 19.7 Å². The summed E-state index contributed by atoms with van der Waals surface area (Å²) in [5, 5.41) is 11.7. The molecule has 2 N–H and O–H groups in total. The van der Waals surface area contributed by atoms with E-state index in [0.29, 0.717) is 12.4 Å². The molecule has 0 aromatic heterocycles. The molecule has 1 aliphatic carbocycles. The first kappa shape index (κ1) is 29.0. The van der Waals surface area contributed by atoms with Crippen molar-refractivity contribution in [3.8, 4) is 22.6 Å². The Balaban J connectivity index is 1.36. The summed E-state index contributed by atoms with van der Waals surface area (Å²) in [7, 11) is -3.51. The minimum atomic E-state index is -3.51. The fourth-order valence-corrected chi connectivity index (χ4v) is 7.00. The third kappa shape index (κ3) is 5.33. The maximum atomic E-state index is 11.3. The number of fused-ring (bicyclic) bond motifs is 5. The van der Waals surface area contributed by atoms with Gasteiger partial charge in [-0.3, -0.25) is 4.18 Å². The fourth-order valence-electron chi connectivity index (χ4n) is 6.63. The highest BCUT2D eigenvalue weighted by Crippen LogP contribution is 2.56. The maximum absolute atomic E-state index is 11.3. The molecular formula is C38H33O6S+. The van der Waals surface area contributed by atoms with Crippen molar-refractivity contribution in [2.45, 2.75) is 5.41 Å². The highest BCUT2D eigenvalue weighted by Gasteiger charge is 2.46. The van der Waals surface area contributed by atoms with E-state index in [2.05, 4.69) is 91.0 Å². The zero-order valence-corrected chi connectivity index (χ0v) is 25.6. The van der Waals surface area contributed by atoms with Crippen molar-refractivity contribution in [2.24, 2.45) is 0 Å². The zero-order valence-electron chi connectivity index (χ0n) is 24.8. The zero-order chi connectivity index (χ0) is 31.0. The smallest absolute Gasteiger partial charge is 0.264 e. The molecule has 0 saturated carbocycles. The lowest BCUT2D eigenvalue weighted by molar-refractivity contribution is 0.201. The van der Waals surface area contributed by atoms with Gasteiger partial charge in [0.15, 0.2) is 13.2 Å². The van der Waals surface area contributed by atoms with Crippen LogP contribution < -0.4 is 9.47 Å². The Morgan fingerprint density at radius 1 is 0.578 bits per heavy atom. The van der Waals surface area contributed by atoms with Crippen LogP contribution in [-0.4, -0.2) is 46.2 Å². The number of ether oxygens (including phenoxy) is 2. The van der Waals surface area contributed by atoms with Crippen LogP contribution in [0.25, 0.3) is 32.7 Å². The van der Waals surface area contributed by atoms with Gasteiger partial charge in [-0.05, 0) is 91.3 Å². The molecule has 0 heterocycles. The molecule has 6 aromatic rings. The molecule has 0 amide bonds. The van der Waals surface area contributed by atoms with Crippen LogP contribution in [0.15, 0.2) is 121 Å². The lowest BCUT2D eigenvalue weighted by atomic mass is 9.67. The summed E-state index contributed by atoms with van der Waals surface area (Å²) in [5.41, 5.74) is 6.74. The first-order valence-corrected chi connectivity index (χ1v) is 16.7. The summed E-state index contributed by atoms with van der Waals surface area (Å²) in [4.78, 5) is 0. The van der Waals surface area contributed by atoms with Gasteiger partial charge in [-0.25, -0.2) is 0 Å². The highest BCUT2D eigenvalue weighted by atomic mass is 32.2. The van der Waals surface area contributed by atoms with Gasteiger partial charge >= 0.3 is 0 Å². The molecule has 0 unspecified atom stereocenters. The quantitative estimate of drug-likeness (QED) is 0.0956. The van der Waals surface area contributed by atoms with Gasteiger partial charge in [0.05, 0.1) is 11.7 Å². The van der Waals surface area contributed by atoms with Crippen molar-refractivity contribution < 1.29 is 27.2 Å². The van der Waals surface area contributed by atoms with Crippen LogP contribution >= 0.6 is 0 Å². The Morgan fingerprint density at radius 3 is 1.56 bits per heavy atom. The molecule has 0 radical (unpaired) electrons. The van der Waals surface area contributed by atoms with Crippen molar-refractivity contribution in [2.75, 3.05) is 32.7 Å². The SMILES string of the molecule is CS(=O)(=O)OCCOc1ccc2cc(C3(c4ccc5cc(OCC[OH2+])ccc5c4)c4ccccc4-c4ccccc43)ccc2c1. The molecule has 1 aliphatic rings. The predicted octanol–water partition coefficient (Wildman–Crippen LogP) is 6.81. The summed E-state index contributed by atoms with van der Waals surface area (Å²) in [6.45, 7) is 0.682. The number of hydrogen-bond donors (Lipinski definition) is 0. The van der Waals surface area contributed by atoms with E-state index in [1.807, 2.05) is 30.3 Å². The summed E-state index contributed by atoms with van der Waals surface area (Å²) in [6, 6.07) is 42.7. The largest absolute Gasteiger partial charge is 0.491 e. The van der Waals surface area contributed by atoms with Gasteiger partial charge in [-0.2, -0.15) is 8.42 Å². The molecule has 0 bridgehead atoms. The van der Waals surface area contributed by atoms with Crippen molar-refractivity contribution in [3.63, 3.8) is 0 Å². The van der Waals surface area contributed by atoms with Crippen molar-refractivity contribution >= 4 is 31.7 Å². The van der Waals surface area contributed by atoms with Gasteiger partial charge in [-0.15, -0.1) is 0 Å². The third-order valence-electron chi connectivity index (χ3n) is 8.46. The summed E-state index contributed by atoms with van der Waals surface area (Å²) >= 11 is 0. The van der Waals surface area contributed by atoms with E-state index in [1.54, 1.807) is 0 Å². The number of hydrogen-bond acceptors (Lipinski definition) is 5. The summed E-state index contributed by atoms with van der Waals surface area (Å²) in [5.74, 6) is 1.42. The average molecular weight is 618 g/mol. The van der Waals surface area contributed by atoms with Crippen molar-refractivity contribution in [1.29, 1.82) is 0 Å².